The summed E-state index contributed by atoms with van der Waals surface area (Å²) in [7, 11) is 0. The smallest absolute Gasteiger partial charge is 0.177 e. The number of fused-ring (bicyclic) bond motifs is 1. The molecule has 0 bridgehead atoms. The maximum absolute atomic E-state index is 4.57. The molecule has 6 heteroatoms. The van der Waals surface area contributed by atoms with Crippen LogP contribution in [0.25, 0.3) is 5.65 Å². The molecule has 2 aromatic rings. The third-order valence-electron chi connectivity index (χ3n) is 3.80. The highest BCUT2D eigenvalue weighted by Crippen LogP contribution is 2.12. The first-order valence-electron chi connectivity index (χ1n) is 7.91. The molecule has 1 aliphatic rings. The maximum Gasteiger partial charge on any atom is 0.177 e. The summed E-state index contributed by atoms with van der Waals surface area (Å²) in [6.45, 7) is 7.54. The minimum atomic E-state index is 0.687. The van der Waals surface area contributed by atoms with Gasteiger partial charge in [0.15, 0.2) is 11.5 Å². The monoisotopic (exact) mass is 320 g/mol. The summed E-state index contributed by atoms with van der Waals surface area (Å²) in [5, 5.41) is 4.55. The number of hydrogen-bond donors (Lipinski definition) is 0. The second-order valence-corrected chi connectivity index (χ2v) is 5.64. The van der Waals surface area contributed by atoms with Crippen molar-refractivity contribution in [1.82, 2.24) is 19.6 Å². The molecule has 2 aromatic heterocycles. The van der Waals surface area contributed by atoms with Crippen molar-refractivity contribution in [3.63, 3.8) is 0 Å². The van der Waals surface area contributed by atoms with E-state index in [1.165, 1.54) is 0 Å². The Morgan fingerprint density at radius 3 is 2.96 bits per heavy atom. The molecule has 0 unspecified atom stereocenters. The Kier molecular flexibility index (Phi) is 4.74. The zero-order chi connectivity index (χ0) is 16.9. The van der Waals surface area contributed by atoms with E-state index in [9.17, 15) is 0 Å². The van der Waals surface area contributed by atoms with Crippen LogP contribution in [0.1, 0.15) is 30.1 Å². The first kappa shape index (κ1) is 16.0. The molecule has 0 saturated carbocycles. The number of rotatable bonds is 5. The van der Waals surface area contributed by atoms with Crippen LogP contribution in [0.2, 0.25) is 0 Å². The summed E-state index contributed by atoms with van der Waals surface area (Å²) in [5.74, 6) is 0.775. The summed E-state index contributed by atoms with van der Waals surface area (Å²) in [6, 6.07) is 0. The molecular weight excluding hydrogens is 300 g/mol. The van der Waals surface area contributed by atoms with Gasteiger partial charge in [-0.25, -0.2) is 9.50 Å². The van der Waals surface area contributed by atoms with Crippen LogP contribution in [-0.2, 0) is 6.42 Å². The number of allylic oxidation sites excluding steroid dienone is 5. The van der Waals surface area contributed by atoms with E-state index >= 15 is 0 Å². The number of aryl methyl sites for hydroxylation is 3. The summed E-state index contributed by atoms with van der Waals surface area (Å²) >= 11 is 0. The molecule has 0 fully saturated rings. The molecule has 0 aliphatic heterocycles. The Morgan fingerprint density at radius 1 is 1.38 bits per heavy atom. The van der Waals surface area contributed by atoms with E-state index < -0.39 is 0 Å². The van der Waals surface area contributed by atoms with E-state index in [1.54, 1.807) is 12.4 Å². The maximum atomic E-state index is 4.57. The lowest BCUT2D eigenvalue weighted by molar-refractivity contribution is 0.809. The van der Waals surface area contributed by atoms with Crippen LogP contribution in [0.5, 0.6) is 0 Å². The first-order valence-corrected chi connectivity index (χ1v) is 7.91. The molecule has 2 heterocycles. The normalized spacial score (nSPS) is 16.2. The molecule has 0 amide bonds. The van der Waals surface area contributed by atoms with Crippen molar-refractivity contribution in [2.24, 2.45) is 9.98 Å². The number of hydrogen-bond acceptors (Lipinski definition) is 5. The Balaban J connectivity index is 1.73. The quantitative estimate of drug-likeness (QED) is 0.795. The van der Waals surface area contributed by atoms with Crippen LogP contribution in [0.15, 0.2) is 52.4 Å². The summed E-state index contributed by atoms with van der Waals surface area (Å²) < 4.78 is 1.84. The molecule has 24 heavy (non-hydrogen) atoms. The molecule has 6 nitrogen and oxygen atoms in total. The van der Waals surface area contributed by atoms with Gasteiger partial charge in [0.25, 0.3) is 0 Å². The topological polar surface area (TPSA) is 67.8 Å². The SMILES string of the molecule is C=N/C(=C\N=C1\C=CC=CC1)CCc1nc2c(C)ncc(C)n2n1. The van der Waals surface area contributed by atoms with E-state index in [-0.39, 0.29) is 0 Å². The molecule has 0 aromatic carbocycles. The predicted octanol–water partition coefficient (Wildman–Crippen LogP) is 3.17. The highest BCUT2D eigenvalue weighted by atomic mass is 15.3. The van der Waals surface area contributed by atoms with Gasteiger partial charge in [-0.05, 0) is 33.1 Å². The number of aromatic nitrogens is 4. The molecule has 122 valence electrons. The first-order chi connectivity index (χ1) is 11.7. The fourth-order valence-electron chi connectivity index (χ4n) is 2.42. The van der Waals surface area contributed by atoms with Gasteiger partial charge in [-0.15, -0.1) is 0 Å². The minimum Gasteiger partial charge on any atom is -0.267 e. The second kappa shape index (κ2) is 7.12. The standard InChI is InChI=1S/C18H20N6/c1-13-11-20-14(2)18-22-17(23-24(13)18)10-9-16(19-3)12-21-15-7-5-4-6-8-15/h4-7,11-12H,3,8-10H2,1-2H3/b16-12-,21-15-. The Bertz CT molecular complexity index is 843. The molecule has 0 saturated heterocycles. The van der Waals surface area contributed by atoms with Crippen molar-refractivity contribution < 1.29 is 0 Å². The van der Waals surface area contributed by atoms with Crippen LogP contribution >= 0.6 is 0 Å². The Morgan fingerprint density at radius 2 is 2.25 bits per heavy atom. The summed E-state index contributed by atoms with van der Waals surface area (Å²) in [4.78, 5) is 17.4. The van der Waals surface area contributed by atoms with Crippen molar-refractivity contribution >= 4 is 18.1 Å². The van der Waals surface area contributed by atoms with Crippen molar-refractivity contribution in [1.29, 1.82) is 0 Å². The molecular formula is C18H20N6. The van der Waals surface area contributed by atoms with Gasteiger partial charge in [0, 0.05) is 31.0 Å². The number of aliphatic imine (C=N–C) groups is 2. The highest BCUT2D eigenvalue weighted by molar-refractivity contribution is 5.97. The van der Waals surface area contributed by atoms with E-state index in [0.29, 0.717) is 12.8 Å². The van der Waals surface area contributed by atoms with Crippen LogP contribution in [0, 0.1) is 13.8 Å². The average Bonchev–Trinajstić information content (AvgIpc) is 3.05. The molecule has 3 rings (SSSR count). The van der Waals surface area contributed by atoms with Crippen molar-refractivity contribution in [2.45, 2.75) is 33.1 Å². The molecule has 0 radical (unpaired) electrons. The lowest BCUT2D eigenvalue weighted by atomic mass is 10.1. The molecule has 0 atom stereocenters. The summed E-state index contributed by atoms with van der Waals surface area (Å²) in [5.41, 5.74) is 4.50. The minimum absolute atomic E-state index is 0.687. The van der Waals surface area contributed by atoms with Gasteiger partial charge in [0.1, 0.15) is 0 Å². The Labute approximate surface area is 141 Å². The lowest BCUT2D eigenvalue weighted by Crippen LogP contribution is -1.98. The predicted molar refractivity (Wildman–Crippen MR) is 96.5 cm³/mol. The van der Waals surface area contributed by atoms with E-state index in [2.05, 4.69) is 37.8 Å². The lowest BCUT2D eigenvalue weighted by Gasteiger charge is -2.00. The van der Waals surface area contributed by atoms with Gasteiger partial charge in [-0.2, -0.15) is 5.10 Å². The van der Waals surface area contributed by atoms with Crippen LogP contribution in [0.4, 0.5) is 0 Å². The van der Waals surface area contributed by atoms with Gasteiger partial charge in [0.2, 0.25) is 0 Å². The second-order valence-electron chi connectivity index (χ2n) is 5.64. The van der Waals surface area contributed by atoms with Gasteiger partial charge in [-0.3, -0.25) is 15.0 Å². The van der Waals surface area contributed by atoms with Gasteiger partial charge < -0.3 is 0 Å². The van der Waals surface area contributed by atoms with Crippen molar-refractivity contribution in [3.8, 4) is 0 Å². The van der Waals surface area contributed by atoms with Crippen LogP contribution in [0.3, 0.4) is 0 Å². The summed E-state index contributed by atoms with van der Waals surface area (Å²) in [6.07, 6.45) is 13.9. The van der Waals surface area contributed by atoms with E-state index in [0.717, 1.165) is 40.7 Å². The largest absolute Gasteiger partial charge is 0.267 e. The van der Waals surface area contributed by atoms with Gasteiger partial charge in [-0.1, -0.05) is 18.2 Å². The van der Waals surface area contributed by atoms with E-state index in [1.807, 2.05) is 36.6 Å². The van der Waals surface area contributed by atoms with E-state index in [4.69, 9.17) is 0 Å². The zero-order valence-electron chi connectivity index (χ0n) is 14.0. The molecule has 0 N–H and O–H groups in total. The van der Waals surface area contributed by atoms with Crippen molar-refractivity contribution in [2.75, 3.05) is 0 Å². The van der Waals surface area contributed by atoms with Crippen LogP contribution < -0.4 is 0 Å². The molecule has 1 aliphatic carbocycles. The third kappa shape index (κ3) is 3.53. The average molecular weight is 320 g/mol. The third-order valence-corrected chi connectivity index (χ3v) is 3.80. The fraction of sp³-hybridized carbons (Fsp3) is 0.278. The Hall–Kier alpha value is -2.89. The zero-order valence-corrected chi connectivity index (χ0v) is 14.0. The van der Waals surface area contributed by atoms with Gasteiger partial charge in [0.05, 0.1) is 17.1 Å². The van der Waals surface area contributed by atoms with Gasteiger partial charge >= 0.3 is 0 Å². The highest BCUT2D eigenvalue weighted by Gasteiger charge is 2.09. The molecule has 0 spiro atoms. The van der Waals surface area contributed by atoms with Crippen molar-refractivity contribution in [3.05, 3.63) is 59.6 Å². The number of nitrogens with zero attached hydrogens (tertiary/aromatic N) is 6. The van der Waals surface area contributed by atoms with Crippen LogP contribution in [-0.4, -0.2) is 32.0 Å². The fourth-order valence-corrected chi connectivity index (χ4v) is 2.42.